The number of nitriles is 1. The molecule has 1 unspecified atom stereocenters. The lowest BCUT2D eigenvalue weighted by atomic mass is 9.83. The number of hydrogen-bond acceptors (Lipinski definition) is 5. The Labute approximate surface area is 147 Å². The van der Waals surface area contributed by atoms with Crippen LogP contribution in [0, 0.1) is 11.3 Å². The number of carbonyl (C=O) groups is 2. The van der Waals surface area contributed by atoms with Crippen LogP contribution in [0.4, 0.5) is 0 Å². The minimum Gasteiger partial charge on any atom is -0.493 e. The lowest BCUT2D eigenvalue weighted by Crippen LogP contribution is -2.43. The topological polar surface area (TPSA) is 114 Å². The second-order valence-electron chi connectivity index (χ2n) is 6.38. The van der Waals surface area contributed by atoms with E-state index in [1.54, 1.807) is 32.2 Å². The molecule has 7 nitrogen and oxygen atoms in total. The number of amides is 2. The van der Waals surface area contributed by atoms with Gasteiger partial charge in [-0.25, -0.2) is 0 Å². The highest BCUT2D eigenvalue weighted by Gasteiger charge is 2.29. The van der Waals surface area contributed by atoms with E-state index in [1.807, 2.05) is 0 Å². The summed E-state index contributed by atoms with van der Waals surface area (Å²) in [4.78, 5) is 22.3. The van der Waals surface area contributed by atoms with Crippen molar-refractivity contribution >= 4 is 11.8 Å². The number of ether oxygens (including phenoxy) is 2. The third kappa shape index (κ3) is 4.41. The Kier molecular flexibility index (Phi) is 5.86. The summed E-state index contributed by atoms with van der Waals surface area (Å²) in [6, 6.07) is 7.44. The van der Waals surface area contributed by atoms with Crippen LogP contribution in [0.3, 0.4) is 0 Å². The molecule has 2 rings (SSSR count). The van der Waals surface area contributed by atoms with Gasteiger partial charge in [0.1, 0.15) is 0 Å². The second-order valence-corrected chi connectivity index (χ2v) is 6.38. The summed E-state index contributed by atoms with van der Waals surface area (Å²) >= 11 is 0. The van der Waals surface area contributed by atoms with Crippen LogP contribution in [0.2, 0.25) is 0 Å². The van der Waals surface area contributed by atoms with E-state index < -0.39 is 17.2 Å². The van der Waals surface area contributed by atoms with Crippen molar-refractivity contribution in [3.05, 3.63) is 23.8 Å². The molecule has 0 bridgehead atoms. The van der Waals surface area contributed by atoms with Crippen molar-refractivity contribution in [2.75, 3.05) is 13.7 Å². The Balaban J connectivity index is 2.24. The van der Waals surface area contributed by atoms with Gasteiger partial charge in [-0.1, -0.05) is 6.07 Å². The van der Waals surface area contributed by atoms with Crippen molar-refractivity contribution in [2.24, 2.45) is 5.73 Å². The van der Waals surface area contributed by atoms with Gasteiger partial charge < -0.3 is 20.5 Å². The SMILES string of the molecule is COc1ccc(C(C)(C#N)CNC(=O)C(N)=O)cc1OC1CCCC1. The summed E-state index contributed by atoms with van der Waals surface area (Å²) in [6.07, 6.45) is 4.42. The fraction of sp³-hybridized carbons (Fsp3) is 0.500. The molecule has 0 spiro atoms. The molecule has 1 saturated carbocycles. The van der Waals surface area contributed by atoms with Gasteiger partial charge in [0.2, 0.25) is 0 Å². The van der Waals surface area contributed by atoms with Crippen LogP contribution in [0.25, 0.3) is 0 Å². The summed E-state index contributed by atoms with van der Waals surface area (Å²) in [5.74, 6) is -0.829. The van der Waals surface area contributed by atoms with Crippen LogP contribution in [0.1, 0.15) is 38.2 Å². The Bertz CT molecular complexity index is 692. The fourth-order valence-corrected chi connectivity index (χ4v) is 2.85. The van der Waals surface area contributed by atoms with Gasteiger partial charge in [0.15, 0.2) is 11.5 Å². The first kappa shape index (κ1) is 18.6. The number of hydrogen-bond donors (Lipinski definition) is 2. The summed E-state index contributed by atoms with van der Waals surface area (Å²) in [5.41, 5.74) is 4.55. The first-order valence-corrected chi connectivity index (χ1v) is 8.23. The van der Waals surface area contributed by atoms with Crippen molar-refractivity contribution in [1.82, 2.24) is 5.32 Å². The van der Waals surface area contributed by atoms with Gasteiger partial charge in [-0.2, -0.15) is 5.26 Å². The first-order valence-electron chi connectivity index (χ1n) is 8.23. The Morgan fingerprint density at radius 1 is 1.36 bits per heavy atom. The zero-order valence-electron chi connectivity index (χ0n) is 14.5. The van der Waals surface area contributed by atoms with Crippen molar-refractivity contribution < 1.29 is 19.1 Å². The summed E-state index contributed by atoms with van der Waals surface area (Å²) in [6.45, 7) is 1.63. The van der Waals surface area contributed by atoms with E-state index in [0.717, 1.165) is 25.7 Å². The highest BCUT2D eigenvalue weighted by molar-refractivity contribution is 6.34. The number of primary amides is 1. The van der Waals surface area contributed by atoms with Crippen LogP contribution in [0.15, 0.2) is 18.2 Å². The number of methoxy groups -OCH3 is 1. The highest BCUT2D eigenvalue weighted by Crippen LogP contribution is 2.35. The average molecular weight is 345 g/mol. The summed E-state index contributed by atoms with van der Waals surface area (Å²) in [7, 11) is 1.56. The molecule has 1 atom stereocenters. The molecule has 2 amide bonds. The van der Waals surface area contributed by atoms with E-state index >= 15 is 0 Å². The van der Waals surface area contributed by atoms with E-state index in [9.17, 15) is 14.9 Å². The molecule has 1 aromatic rings. The minimum absolute atomic E-state index is 0.0412. The van der Waals surface area contributed by atoms with E-state index in [2.05, 4.69) is 11.4 Å². The minimum atomic E-state index is -1.08. The quantitative estimate of drug-likeness (QED) is 0.756. The van der Waals surface area contributed by atoms with Gasteiger partial charge in [-0.3, -0.25) is 9.59 Å². The van der Waals surface area contributed by atoms with E-state index in [1.165, 1.54) is 0 Å². The normalized spacial score (nSPS) is 16.5. The Morgan fingerprint density at radius 2 is 2.04 bits per heavy atom. The number of nitrogens with zero attached hydrogens (tertiary/aromatic N) is 1. The van der Waals surface area contributed by atoms with E-state index in [-0.39, 0.29) is 12.6 Å². The zero-order chi connectivity index (χ0) is 18.4. The van der Waals surface area contributed by atoms with Gasteiger partial charge in [0.05, 0.1) is 24.7 Å². The predicted octanol–water partition coefficient (Wildman–Crippen LogP) is 1.40. The second kappa shape index (κ2) is 7.88. The molecular weight excluding hydrogens is 322 g/mol. The number of nitrogens with two attached hydrogens (primary N) is 1. The number of benzene rings is 1. The maximum absolute atomic E-state index is 11.4. The third-order valence-electron chi connectivity index (χ3n) is 4.47. The molecule has 1 aromatic carbocycles. The van der Waals surface area contributed by atoms with Crippen LogP contribution >= 0.6 is 0 Å². The molecule has 3 N–H and O–H groups in total. The van der Waals surface area contributed by atoms with E-state index in [4.69, 9.17) is 15.2 Å². The van der Waals surface area contributed by atoms with Crippen molar-refractivity contribution in [2.45, 2.75) is 44.1 Å². The van der Waals surface area contributed by atoms with Crippen LogP contribution in [-0.2, 0) is 15.0 Å². The summed E-state index contributed by atoms with van der Waals surface area (Å²) in [5, 5.41) is 12.0. The molecule has 1 aliphatic carbocycles. The Morgan fingerprint density at radius 3 is 2.60 bits per heavy atom. The molecule has 0 aromatic heterocycles. The third-order valence-corrected chi connectivity index (χ3v) is 4.47. The molecule has 0 radical (unpaired) electrons. The molecule has 0 saturated heterocycles. The standard InChI is InChI=1S/C18H23N3O4/c1-18(10-19,11-21-17(23)16(20)22)12-7-8-14(24-2)15(9-12)25-13-5-3-4-6-13/h7-9,13H,3-6,11H2,1-2H3,(H2,20,22)(H,21,23). The molecule has 134 valence electrons. The molecule has 7 heteroatoms. The van der Waals surface area contributed by atoms with Gasteiger partial charge in [0.25, 0.3) is 0 Å². The smallest absolute Gasteiger partial charge is 0.309 e. The van der Waals surface area contributed by atoms with Gasteiger partial charge in [-0.15, -0.1) is 0 Å². The number of nitrogens with one attached hydrogen (secondary N) is 1. The van der Waals surface area contributed by atoms with Gasteiger partial charge in [0, 0.05) is 6.54 Å². The van der Waals surface area contributed by atoms with Crippen molar-refractivity contribution in [3.8, 4) is 17.6 Å². The monoisotopic (exact) mass is 345 g/mol. The molecule has 1 aliphatic rings. The molecule has 25 heavy (non-hydrogen) atoms. The van der Waals surface area contributed by atoms with Crippen LogP contribution in [0.5, 0.6) is 11.5 Å². The molecule has 0 aliphatic heterocycles. The maximum Gasteiger partial charge on any atom is 0.309 e. The maximum atomic E-state index is 11.4. The lowest BCUT2D eigenvalue weighted by Gasteiger charge is -2.24. The summed E-state index contributed by atoms with van der Waals surface area (Å²) < 4.78 is 11.4. The van der Waals surface area contributed by atoms with Crippen molar-refractivity contribution in [1.29, 1.82) is 5.26 Å². The van der Waals surface area contributed by atoms with Gasteiger partial charge in [-0.05, 0) is 50.3 Å². The predicted molar refractivity (Wildman–Crippen MR) is 91.0 cm³/mol. The van der Waals surface area contributed by atoms with E-state index in [0.29, 0.717) is 17.1 Å². The zero-order valence-corrected chi connectivity index (χ0v) is 14.5. The van der Waals surface area contributed by atoms with Crippen LogP contribution < -0.4 is 20.5 Å². The Hall–Kier alpha value is -2.75. The average Bonchev–Trinajstić information content (AvgIpc) is 3.12. The number of rotatable bonds is 6. The number of carbonyl (C=O) groups excluding carboxylic acids is 2. The lowest BCUT2D eigenvalue weighted by molar-refractivity contribution is -0.137. The molecule has 1 fully saturated rings. The molecule has 0 heterocycles. The highest BCUT2D eigenvalue weighted by atomic mass is 16.5. The van der Waals surface area contributed by atoms with Gasteiger partial charge >= 0.3 is 11.8 Å². The fourth-order valence-electron chi connectivity index (χ4n) is 2.85. The van der Waals surface area contributed by atoms with Crippen molar-refractivity contribution in [3.63, 3.8) is 0 Å². The first-order chi connectivity index (χ1) is 11.9. The van der Waals surface area contributed by atoms with Crippen LogP contribution in [-0.4, -0.2) is 31.6 Å². The molecular formula is C18H23N3O4. The largest absolute Gasteiger partial charge is 0.493 e.